The Morgan fingerprint density at radius 3 is 1.82 bits per heavy atom. The number of sulfonamides is 1. The Bertz CT molecular complexity index is 1230. The number of ether oxygens (including phenoxy) is 1. The third-order valence-electron chi connectivity index (χ3n) is 4.23. The smallest absolute Gasteiger partial charge is 0.497 e. The van der Waals surface area contributed by atoms with Crippen LogP contribution >= 0.6 is 0 Å². The summed E-state index contributed by atoms with van der Waals surface area (Å²) in [6.07, 6.45) is 0. The Morgan fingerprint density at radius 1 is 0.848 bits per heavy atom. The second-order valence-electron chi connectivity index (χ2n) is 6.57. The van der Waals surface area contributed by atoms with Crippen molar-refractivity contribution in [2.24, 2.45) is 0 Å². The summed E-state index contributed by atoms with van der Waals surface area (Å²) in [7, 11) is -11.6. The fourth-order valence-electron chi connectivity index (χ4n) is 2.40. The molecule has 2 aromatic rings. The van der Waals surface area contributed by atoms with Crippen molar-refractivity contribution in [2.45, 2.75) is 22.6 Å². The van der Waals surface area contributed by atoms with Gasteiger partial charge in [-0.05, 0) is 55.5 Å². The molecule has 5 N–H and O–H groups in total. The molecule has 0 saturated carbocycles. The van der Waals surface area contributed by atoms with E-state index in [9.17, 15) is 29.8 Å². The summed E-state index contributed by atoms with van der Waals surface area (Å²) in [6.45, 7) is 0.519. The van der Waals surface area contributed by atoms with Gasteiger partial charge < -0.3 is 10.1 Å². The molecule has 33 heavy (non-hydrogen) atoms. The van der Waals surface area contributed by atoms with Gasteiger partial charge in [0.1, 0.15) is 11.1 Å². The van der Waals surface area contributed by atoms with Crippen LogP contribution in [0.4, 0.5) is 11.4 Å². The van der Waals surface area contributed by atoms with E-state index in [0.29, 0.717) is 11.4 Å². The number of nitrogens with one attached hydrogen (secondary N) is 3. The van der Waals surface area contributed by atoms with Crippen molar-refractivity contribution in [2.75, 3.05) is 23.7 Å². The van der Waals surface area contributed by atoms with E-state index in [2.05, 4.69) is 15.4 Å². The summed E-state index contributed by atoms with van der Waals surface area (Å²) in [5.74, 6) is 0.553. The molecule has 0 aromatic heterocycles. The Balaban J connectivity index is 0.00000544. The second kappa shape index (κ2) is 11.8. The van der Waals surface area contributed by atoms with Gasteiger partial charge in [0.15, 0.2) is 5.37 Å². The molecule has 12 nitrogen and oxygen atoms in total. The van der Waals surface area contributed by atoms with Gasteiger partial charge in [-0.1, -0.05) is 0 Å². The molecule has 2 unspecified atom stereocenters. The second-order valence-corrected chi connectivity index (χ2v) is 11.6. The monoisotopic (exact) mass is 532 g/mol. The predicted molar refractivity (Wildman–Crippen MR) is 118 cm³/mol. The predicted octanol–water partition coefficient (Wildman–Crippen LogP) is -2.05. The maximum atomic E-state index is 12.5. The fourth-order valence-corrected chi connectivity index (χ4v) is 4.36. The van der Waals surface area contributed by atoms with E-state index >= 15 is 0 Å². The van der Waals surface area contributed by atoms with Crippen LogP contribution in [0, 0.1) is 0 Å². The summed E-state index contributed by atoms with van der Waals surface area (Å²) in [5, 5.41) is 1.57. The first-order valence-electron chi connectivity index (χ1n) is 8.92. The van der Waals surface area contributed by atoms with Crippen LogP contribution in [-0.4, -0.2) is 58.8 Å². The molecule has 2 atom stereocenters. The van der Waals surface area contributed by atoms with Crippen LogP contribution in [0.3, 0.4) is 0 Å². The van der Waals surface area contributed by atoms with Crippen molar-refractivity contribution in [1.29, 1.82) is 0 Å². The third kappa shape index (κ3) is 9.03. The van der Waals surface area contributed by atoms with Gasteiger partial charge in [-0.2, -0.15) is 16.8 Å². The minimum absolute atomic E-state index is 0. The van der Waals surface area contributed by atoms with Crippen LogP contribution in [0.2, 0.25) is 0 Å². The molecule has 0 radical (unpaired) electrons. The number of hydrogen-bond donors (Lipinski definition) is 5. The molecule has 0 aliphatic carbocycles. The normalized spacial score (nSPS) is 13.9. The van der Waals surface area contributed by atoms with Crippen LogP contribution in [0.5, 0.6) is 5.75 Å². The first-order valence-corrected chi connectivity index (χ1v) is 13.4. The topological polar surface area (TPSA) is 188 Å². The summed E-state index contributed by atoms with van der Waals surface area (Å²) in [4.78, 5) is -0.111. The molecule has 178 valence electrons. The van der Waals surface area contributed by atoms with Crippen LogP contribution in [0.1, 0.15) is 6.92 Å². The maximum Gasteiger partial charge on any atom is 1.00 e. The molecule has 2 rings (SSSR count). The van der Waals surface area contributed by atoms with Gasteiger partial charge >= 0.3 is 29.6 Å². The average Bonchev–Trinajstić information content (AvgIpc) is 2.70. The SMILES string of the molecule is COc1ccc(NS(=O)(=O)c2ccc(NC(CNC(C)S(=O)(=O)O)S(=O)(=O)O)cc2)cc1.[Na+]. The van der Waals surface area contributed by atoms with E-state index in [1.165, 1.54) is 43.5 Å². The van der Waals surface area contributed by atoms with Crippen LogP contribution in [0.15, 0.2) is 53.4 Å². The maximum absolute atomic E-state index is 12.5. The summed E-state index contributed by atoms with van der Waals surface area (Å²) in [5.41, 5.74) is 0.441. The third-order valence-corrected chi connectivity index (χ3v) is 7.69. The van der Waals surface area contributed by atoms with Gasteiger partial charge in [0.05, 0.1) is 12.0 Å². The molecule has 0 aliphatic heterocycles. The summed E-state index contributed by atoms with van der Waals surface area (Å²) < 4.78 is 96.1. The molecule has 0 bridgehead atoms. The van der Waals surface area contributed by atoms with Crippen molar-refractivity contribution in [3.05, 3.63) is 48.5 Å². The molecule has 0 heterocycles. The van der Waals surface area contributed by atoms with Gasteiger partial charge in [0.25, 0.3) is 30.3 Å². The average molecular weight is 533 g/mol. The standard InChI is InChI=1S/C17H23N3O9S3.Na/c1-12(31(23,24)25)18-11-17(32(26,27)28)19-13-5-9-16(10-6-13)30(21,22)20-14-3-7-15(29-2)8-4-14;/h3-10,12,17-20H,11H2,1-2H3,(H,23,24,25)(H,26,27,28);/q;+1. The van der Waals surface area contributed by atoms with Gasteiger partial charge in [-0.25, -0.2) is 8.42 Å². The minimum Gasteiger partial charge on any atom is -0.497 e. The van der Waals surface area contributed by atoms with Crippen LogP contribution in [-0.2, 0) is 30.3 Å². The van der Waals surface area contributed by atoms with Crippen LogP contribution in [0.25, 0.3) is 0 Å². The first kappa shape index (κ1) is 29.6. The van der Waals surface area contributed by atoms with Crippen molar-refractivity contribution >= 4 is 41.6 Å². The summed E-state index contributed by atoms with van der Waals surface area (Å²) in [6, 6.07) is 11.2. The largest absolute Gasteiger partial charge is 1.00 e. The molecular formula is C17H23N3NaO9S3+. The van der Waals surface area contributed by atoms with E-state index in [1.807, 2.05) is 0 Å². The molecule has 0 saturated heterocycles. The zero-order valence-electron chi connectivity index (χ0n) is 18.0. The van der Waals surface area contributed by atoms with E-state index in [-0.39, 0.29) is 40.1 Å². The van der Waals surface area contributed by atoms with E-state index in [0.717, 1.165) is 6.92 Å². The molecule has 16 heteroatoms. The van der Waals surface area contributed by atoms with E-state index in [1.54, 1.807) is 12.1 Å². The first-order chi connectivity index (χ1) is 14.7. The summed E-state index contributed by atoms with van der Waals surface area (Å²) >= 11 is 0. The Morgan fingerprint density at radius 2 is 1.36 bits per heavy atom. The fraction of sp³-hybridized carbons (Fsp3) is 0.294. The van der Waals surface area contributed by atoms with Gasteiger partial charge in [-0.3, -0.25) is 19.1 Å². The Hall–Kier alpha value is -1.43. The van der Waals surface area contributed by atoms with Crippen LogP contribution < -0.4 is 49.6 Å². The Labute approximate surface area is 215 Å². The number of hydrogen-bond acceptors (Lipinski definition) is 9. The van der Waals surface area contributed by atoms with Crippen molar-refractivity contribution in [1.82, 2.24) is 5.32 Å². The number of methoxy groups -OCH3 is 1. The zero-order chi connectivity index (χ0) is 24.2. The van der Waals surface area contributed by atoms with Gasteiger partial charge in [0.2, 0.25) is 0 Å². The number of anilines is 2. The minimum atomic E-state index is -4.68. The number of rotatable bonds is 11. The molecule has 2 aromatic carbocycles. The van der Waals surface area contributed by atoms with Crippen molar-refractivity contribution in [3.8, 4) is 5.75 Å². The molecule has 0 fully saturated rings. The number of benzene rings is 2. The van der Waals surface area contributed by atoms with Gasteiger partial charge in [0, 0.05) is 17.9 Å². The van der Waals surface area contributed by atoms with E-state index < -0.39 is 47.6 Å². The zero-order valence-corrected chi connectivity index (χ0v) is 22.4. The van der Waals surface area contributed by atoms with Crippen molar-refractivity contribution < 1.29 is 68.7 Å². The molecule has 0 amide bonds. The van der Waals surface area contributed by atoms with Crippen molar-refractivity contribution in [3.63, 3.8) is 0 Å². The Kier molecular flexibility index (Phi) is 10.6. The molecule has 0 spiro atoms. The molecule has 0 aliphatic rings. The quantitative estimate of drug-likeness (QED) is 0.158. The van der Waals surface area contributed by atoms with Gasteiger partial charge in [-0.15, -0.1) is 0 Å². The molecular weight excluding hydrogens is 509 g/mol. The van der Waals surface area contributed by atoms with E-state index in [4.69, 9.17) is 9.29 Å².